The van der Waals surface area contributed by atoms with Gasteiger partial charge < -0.3 is 4.57 Å². The van der Waals surface area contributed by atoms with Crippen LogP contribution in [0.1, 0.15) is 30.7 Å². The van der Waals surface area contributed by atoms with Gasteiger partial charge in [0, 0.05) is 12.5 Å². The summed E-state index contributed by atoms with van der Waals surface area (Å²) in [6.45, 7) is 2.88. The van der Waals surface area contributed by atoms with Gasteiger partial charge in [0.05, 0.1) is 11.8 Å². The first kappa shape index (κ1) is 14.2. The third-order valence-corrected chi connectivity index (χ3v) is 5.69. The van der Waals surface area contributed by atoms with E-state index in [0.29, 0.717) is 12.2 Å². The zero-order valence-corrected chi connectivity index (χ0v) is 12.6. The van der Waals surface area contributed by atoms with Crippen LogP contribution in [0.25, 0.3) is 0 Å². The summed E-state index contributed by atoms with van der Waals surface area (Å²) in [5.74, 6) is 0.741. The molecular weight excluding hydrogens is 288 g/mol. The Morgan fingerprint density at radius 2 is 2.10 bits per heavy atom. The molecule has 0 unspecified atom stereocenters. The molecule has 1 fully saturated rings. The van der Waals surface area contributed by atoms with Gasteiger partial charge in [-0.3, -0.25) is 0 Å². The molecule has 1 aromatic heterocycles. The molecule has 1 aliphatic carbocycles. The molecule has 0 spiro atoms. The lowest BCUT2D eigenvalue weighted by atomic mass is 10.1. The molecule has 1 aromatic carbocycles. The fourth-order valence-electron chi connectivity index (χ4n) is 2.52. The maximum Gasteiger partial charge on any atom is 0.215 e. The molecule has 6 nitrogen and oxygen atoms in total. The van der Waals surface area contributed by atoms with Crippen molar-refractivity contribution in [2.45, 2.75) is 37.6 Å². The summed E-state index contributed by atoms with van der Waals surface area (Å²) in [4.78, 5) is 0. The van der Waals surface area contributed by atoms with Gasteiger partial charge in [0.15, 0.2) is 0 Å². The lowest BCUT2D eigenvalue weighted by molar-refractivity contribution is 0.573. The number of nitrogens with zero attached hydrogens (tertiary/aromatic N) is 3. The van der Waals surface area contributed by atoms with Crippen LogP contribution in [0.4, 0.5) is 0 Å². The van der Waals surface area contributed by atoms with Crippen molar-refractivity contribution in [2.75, 3.05) is 0 Å². The summed E-state index contributed by atoms with van der Waals surface area (Å²) in [5, 5.41) is 7.39. The largest absolute Gasteiger partial charge is 0.317 e. The topological polar surface area (TPSA) is 76.9 Å². The van der Waals surface area contributed by atoms with Gasteiger partial charge in [-0.2, -0.15) is 0 Å². The van der Waals surface area contributed by atoms with Gasteiger partial charge in [-0.05, 0) is 18.9 Å². The second-order valence-electron chi connectivity index (χ2n) is 5.19. The molecule has 1 saturated carbocycles. The molecule has 0 radical (unpaired) electrons. The molecule has 112 valence electrons. The van der Waals surface area contributed by atoms with Gasteiger partial charge in [0.2, 0.25) is 10.0 Å². The Labute approximate surface area is 124 Å². The maximum atomic E-state index is 12.3. The van der Waals surface area contributed by atoms with E-state index in [0.717, 1.165) is 12.1 Å². The van der Waals surface area contributed by atoms with Crippen molar-refractivity contribution < 1.29 is 8.42 Å². The molecule has 7 heteroatoms. The number of aromatic nitrogens is 3. The predicted molar refractivity (Wildman–Crippen MR) is 79.0 cm³/mol. The molecule has 0 saturated heterocycles. The second kappa shape index (κ2) is 5.57. The van der Waals surface area contributed by atoms with E-state index in [-0.39, 0.29) is 17.7 Å². The number of hydrogen-bond acceptors (Lipinski definition) is 4. The SMILES string of the molecule is CCn1cnnc1CNS(=O)(=O)[C@H]1C[C@@H]1c1ccccc1. The van der Waals surface area contributed by atoms with Gasteiger partial charge >= 0.3 is 0 Å². The highest BCUT2D eigenvalue weighted by Crippen LogP contribution is 2.45. The number of hydrogen-bond donors (Lipinski definition) is 1. The van der Waals surface area contributed by atoms with Crippen LogP contribution in [-0.2, 0) is 23.1 Å². The third kappa shape index (κ3) is 2.98. The molecule has 1 aliphatic rings. The Kier molecular flexibility index (Phi) is 3.77. The van der Waals surface area contributed by atoms with Crippen LogP contribution in [0.5, 0.6) is 0 Å². The quantitative estimate of drug-likeness (QED) is 0.872. The van der Waals surface area contributed by atoms with Crippen LogP contribution in [-0.4, -0.2) is 28.4 Å². The smallest absolute Gasteiger partial charge is 0.215 e. The minimum Gasteiger partial charge on any atom is -0.317 e. The molecule has 1 N–H and O–H groups in total. The van der Waals surface area contributed by atoms with Gasteiger partial charge in [0.25, 0.3) is 0 Å². The number of sulfonamides is 1. The van der Waals surface area contributed by atoms with Crippen molar-refractivity contribution in [1.29, 1.82) is 0 Å². The highest BCUT2D eigenvalue weighted by Gasteiger charge is 2.47. The molecule has 2 atom stereocenters. The zero-order valence-electron chi connectivity index (χ0n) is 11.8. The molecule has 0 amide bonds. The molecule has 3 rings (SSSR count). The molecule has 0 aliphatic heterocycles. The fraction of sp³-hybridized carbons (Fsp3) is 0.429. The van der Waals surface area contributed by atoms with Crippen LogP contribution in [0, 0.1) is 0 Å². The van der Waals surface area contributed by atoms with Crippen LogP contribution < -0.4 is 4.72 Å². The predicted octanol–water partition coefficient (Wildman–Crippen LogP) is 1.27. The summed E-state index contributed by atoms with van der Waals surface area (Å²) in [6, 6.07) is 9.77. The highest BCUT2D eigenvalue weighted by atomic mass is 32.2. The van der Waals surface area contributed by atoms with E-state index >= 15 is 0 Å². The van der Waals surface area contributed by atoms with Crippen molar-refractivity contribution >= 4 is 10.0 Å². The van der Waals surface area contributed by atoms with Crippen LogP contribution in [0.3, 0.4) is 0 Å². The first-order valence-electron chi connectivity index (χ1n) is 7.02. The first-order chi connectivity index (χ1) is 10.1. The number of benzene rings is 1. The first-order valence-corrected chi connectivity index (χ1v) is 8.56. The summed E-state index contributed by atoms with van der Waals surface area (Å²) < 4.78 is 29.1. The minimum atomic E-state index is -3.32. The van der Waals surface area contributed by atoms with E-state index in [4.69, 9.17) is 0 Å². The molecule has 2 aromatic rings. The van der Waals surface area contributed by atoms with Gasteiger partial charge in [0.1, 0.15) is 12.2 Å². The van der Waals surface area contributed by atoms with E-state index < -0.39 is 10.0 Å². The van der Waals surface area contributed by atoms with Crippen molar-refractivity contribution in [3.63, 3.8) is 0 Å². The maximum absolute atomic E-state index is 12.3. The Balaban J connectivity index is 1.64. The summed E-state index contributed by atoms with van der Waals surface area (Å²) >= 11 is 0. The normalized spacial score (nSPS) is 21.4. The molecule has 1 heterocycles. The average molecular weight is 306 g/mol. The number of rotatable bonds is 6. The standard InChI is InChI=1S/C14H18N4O2S/c1-2-18-10-15-17-14(18)9-16-21(19,20)13-8-12(13)11-6-4-3-5-7-11/h3-7,10,12-13,16H,2,8-9H2,1H3/t12-,13+/m1/s1. The van der Waals surface area contributed by atoms with Gasteiger partial charge in [-0.1, -0.05) is 30.3 Å². The summed E-state index contributed by atoms with van der Waals surface area (Å²) in [7, 11) is -3.32. The summed E-state index contributed by atoms with van der Waals surface area (Å²) in [6.07, 6.45) is 2.29. The summed E-state index contributed by atoms with van der Waals surface area (Å²) in [5.41, 5.74) is 1.09. The molecular formula is C14H18N4O2S. The molecule has 21 heavy (non-hydrogen) atoms. The lowest BCUT2D eigenvalue weighted by Crippen LogP contribution is -2.28. The Hall–Kier alpha value is -1.73. The third-order valence-electron chi connectivity index (χ3n) is 3.83. The van der Waals surface area contributed by atoms with Crippen LogP contribution in [0.15, 0.2) is 36.7 Å². The van der Waals surface area contributed by atoms with E-state index in [9.17, 15) is 8.42 Å². The number of aryl methyl sites for hydroxylation is 1. The monoisotopic (exact) mass is 306 g/mol. The van der Waals surface area contributed by atoms with Crippen LogP contribution >= 0.6 is 0 Å². The fourth-order valence-corrected chi connectivity index (χ4v) is 4.11. The van der Waals surface area contributed by atoms with Crippen molar-refractivity contribution in [3.05, 3.63) is 48.0 Å². The van der Waals surface area contributed by atoms with E-state index in [1.54, 1.807) is 6.33 Å². The van der Waals surface area contributed by atoms with Crippen molar-refractivity contribution in [3.8, 4) is 0 Å². The Bertz CT molecular complexity index is 712. The van der Waals surface area contributed by atoms with Crippen molar-refractivity contribution in [2.24, 2.45) is 0 Å². The molecule has 0 bridgehead atoms. The highest BCUT2D eigenvalue weighted by molar-refractivity contribution is 7.90. The van der Waals surface area contributed by atoms with Gasteiger partial charge in [-0.25, -0.2) is 13.1 Å². The second-order valence-corrected chi connectivity index (χ2v) is 7.17. The van der Waals surface area contributed by atoms with E-state index in [2.05, 4.69) is 14.9 Å². The minimum absolute atomic E-state index is 0.104. The van der Waals surface area contributed by atoms with E-state index in [1.165, 1.54) is 0 Å². The average Bonchev–Trinajstić information content (AvgIpc) is 3.19. The van der Waals surface area contributed by atoms with Crippen LogP contribution in [0.2, 0.25) is 0 Å². The van der Waals surface area contributed by atoms with E-state index in [1.807, 2.05) is 41.8 Å². The van der Waals surface area contributed by atoms with Crippen molar-refractivity contribution in [1.82, 2.24) is 19.5 Å². The lowest BCUT2D eigenvalue weighted by Gasteiger charge is -2.07. The van der Waals surface area contributed by atoms with Gasteiger partial charge in [-0.15, -0.1) is 10.2 Å². The Morgan fingerprint density at radius 3 is 2.81 bits per heavy atom. The zero-order chi connectivity index (χ0) is 14.9. The Morgan fingerprint density at radius 1 is 1.33 bits per heavy atom. The number of nitrogens with one attached hydrogen (secondary N) is 1.